The molecule has 6 heteroatoms. The summed E-state index contributed by atoms with van der Waals surface area (Å²) < 4.78 is 5.71. The lowest BCUT2D eigenvalue weighted by molar-refractivity contribution is -0.145. The van der Waals surface area contributed by atoms with E-state index in [0.717, 1.165) is 11.1 Å². The van der Waals surface area contributed by atoms with E-state index in [1.165, 1.54) is 16.7 Å². The second-order valence-corrected chi connectivity index (χ2v) is 7.32. The first kappa shape index (κ1) is 18.4. The van der Waals surface area contributed by atoms with Crippen molar-refractivity contribution in [2.24, 2.45) is 0 Å². The molecule has 1 aliphatic heterocycles. The van der Waals surface area contributed by atoms with Gasteiger partial charge in [0.05, 0.1) is 11.3 Å². The zero-order valence-corrected chi connectivity index (χ0v) is 15.6. The molecular formula is C20H17NO3S2. The second-order valence-electron chi connectivity index (χ2n) is 5.64. The van der Waals surface area contributed by atoms with E-state index in [9.17, 15) is 9.59 Å². The lowest BCUT2D eigenvalue weighted by Gasteiger charge is -2.13. The first-order valence-electron chi connectivity index (χ1n) is 8.13. The van der Waals surface area contributed by atoms with Gasteiger partial charge in [-0.2, -0.15) is 0 Å². The van der Waals surface area contributed by atoms with Gasteiger partial charge in [-0.3, -0.25) is 14.5 Å². The molecule has 1 aliphatic rings. The van der Waals surface area contributed by atoms with Gasteiger partial charge in [0.15, 0.2) is 0 Å². The summed E-state index contributed by atoms with van der Waals surface area (Å²) in [5.74, 6) is -0.519. The normalized spacial score (nSPS) is 15.5. The first-order chi connectivity index (χ1) is 12.6. The molecule has 0 spiro atoms. The molecule has 0 atom stereocenters. The molecule has 1 saturated heterocycles. The highest BCUT2D eigenvalue weighted by molar-refractivity contribution is 8.26. The number of hydrogen-bond donors (Lipinski definition) is 0. The second kappa shape index (κ2) is 8.78. The van der Waals surface area contributed by atoms with Crippen LogP contribution in [-0.4, -0.2) is 27.6 Å². The number of carbonyl (C=O) groups excluding carboxylic acids is 2. The molecule has 4 nitrogen and oxygen atoms in total. The lowest BCUT2D eigenvalue weighted by atomic mass is 10.2. The summed E-state index contributed by atoms with van der Waals surface area (Å²) in [5, 5.41) is 0. The van der Waals surface area contributed by atoms with E-state index in [4.69, 9.17) is 17.0 Å². The molecule has 1 heterocycles. The predicted molar refractivity (Wildman–Crippen MR) is 107 cm³/mol. The molecule has 3 rings (SSSR count). The Morgan fingerprint density at radius 1 is 1.08 bits per heavy atom. The van der Waals surface area contributed by atoms with Gasteiger partial charge >= 0.3 is 5.97 Å². The van der Waals surface area contributed by atoms with Gasteiger partial charge in [0, 0.05) is 6.54 Å². The summed E-state index contributed by atoms with van der Waals surface area (Å²) >= 11 is 6.53. The largest absolute Gasteiger partial charge is 0.461 e. The number of esters is 1. The zero-order chi connectivity index (χ0) is 18.4. The van der Waals surface area contributed by atoms with Crippen LogP contribution in [0, 0.1) is 0 Å². The maximum absolute atomic E-state index is 12.5. The third-order valence-electron chi connectivity index (χ3n) is 3.75. The van der Waals surface area contributed by atoms with Gasteiger partial charge in [-0.15, -0.1) is 0 Å². The summed E-state index contributed by atoms with van der Waals surface area (Å²) in [7, 11) is 0. The minimum absolute atomic E-state index is 0.109. The quantitative estimate of drug-likeness (QED) is 0.428. The van der Waals surface area contributed by atoms with Gasteiger partial charge in [-0.05, 0) is 17.2 Å². The summed E-state index contributed by atoms with van der Waals surface area (Å²) in [6, 6.07) is 19.1. The van der Waals surface area contributed by atoms with E-state index in [0.29, 0.717) is 9.23 Å². The molecule has 26 heavy (non-hydrogen) atoms. The molecule has 0 N–H and O–H groups in total. The third-order valence-corrected chi connectivity index (χ3v) is 5.13. The van der Waals surface area contributed by atoms with Gasteiger partial charge in [0.2, 0.25) is 0 Å². The maximum atomic E-state index is 12.5. The minimum atomic E-state index is -0.352. The van der Waals surface area contributed by atoms with Crippen molar-refractivity contribution < 1.29 is 14.3 Å². The van der Waals surface area contributed by atoms with Crippen molar-refractivity contribution in [3.63, 3.8) is 0 Å². The lowest BCUT2D eigenvalue weighted by Crippen LogP contribution is -2.30. The van der Waals surface area contributed by atoms with E-state index < -0.39 is 0 Å². The number of hydrogen-bond acceptors (Lipinski definition) is 5. The molecule has 2 aromatic rings. The number of amides is 1. The van der Waals surface area contributed by atoms with E-state index in [1.807, 2.05) is 66.7 Å². The molecule has 1 fully saturated rings. The molecule has 1 amide bonds. The molecule has 0 aliphatic carbocycles. The fraction of sp³-hybridized carbons (Fsp3) is 0.150. The van der Waals surface area contributed by atoms with Gasteiger partial charge < -0.3 is 4.74 Å². The topological polar surface area (TPSA) is 46.6 Å². The first-order valence-corrected chi connectivity index (χ1v) is 9.36. The average Bonchev–Trinajstić information content (AvgIpc) is 2.93. The molecule has 132 valence electrons. The fourth-order valence-electron chi connectivity index (χ4n) is 2.41. The summed E-state index contributed by atoms with van der Waals surface area (Å²) in [5.41, 5.74) is 1.87. The summed E-state index contributed by atoms with van der Waals surface area (Å²) in [4.78, 5) is 26.5. The Morgan fingerprint density at radius 2 is 1.73 bits per heavy atom. The number of ether oxygens (including phenoxy) is 1. The highest BCUT2D eigenvalue weighted by atomic mass is 32.2. The van der Waals surface area contributed by atoms with Crippen LogP contribution in [-0.2, 0) is 20.9 Å². The van der Waals surface area contributed by atoms with Crippen LogP contribution in [0.3, 0.4) is 0 Å². The Hall–Kier alpha value is -2.44. The standard InChI is InChI=1S/C20H17NO3S2/c22-18(24-14-16-9-5-2-6-10-16)11-12-21-19(23)17(26-20(21)25)13-15-7-3-1-4-8-15/h1-10,13H,11-12,14H2/b17-13+. The van der Waals surface area contributed by atoms with Crippen molar-refractivity contribution in [3.05, 3.63) is 76.7 Å². The number of thiocarbonyl (C=S) groups is 1. The van der Waals surface area contributed by atoms with Crippen LogP contribution in [0.1, 0.15) is 17.5 Å². The fourth-order valence-corrected chi connectivity index (χ4v) is 3.72. The average molecular weight is 383 g/mol. The van der Waals surface area contributed by atoms with Crippen LogP contribution in [0.4, 0.5) is 0 Å². The van der Waals surface area contributed by atoms with E-state index in [-0.39, 0.29) is 31.4 Å². The van der Waals surface area contributed by atoms with Gasteiger partial charge in [0.25, 0.3) is 5.91 Å². The van der Waals surface area contributed by atoms with Crippen molar-refractivity contribution in [3.8, 4) is 0 Å². The molecular weight excluding hydrogens is 366 g/mol. The molecule has 0 saturated carbocycles. The van der Waals surface area contributed by atoms with Gasteiger partial charge in [-0.25, -0.2) is 0 Å². The van der Waals surface area contributed by atoms with Crippen LogP contribution in [0.15, 0.2) is 65.6 Å². The van der Waals surface area contributed by atoms with Crippen LogP contribution < -0.4 is 0 Å². The van der Waals surface area contributed by atoms with Crippen molar-refractivity contribution in [1.82, 2.24) is 4.90 Å². The smallest absolute Gasteiger partial charge is 0.307 e. The summed E-state index contributed by atoms with van der Waals surface area (Å²) in [6.07, 6.45) is 1.92. The SMILES string of the molecule is O=C(CCN1C(=O)/C(=C\c2ccccc2)SC1=S)OCc1ccccc1. The Kier molecular flexibility index (Phi) is 6.20. The van der Waals surface area contributed by atoms with Crippen molar-refractivity contribution in [2.75, 3.05) is 6.54 Å². The van der Waals surface area contributed by atoms with Crippen LogP contribution in [0.25, 0.3) is 6.08 Å². The Bertz CT molecular complexity index is 835. The van der Waals surface area contributed by atoms with Crippen molar-refractivity contribution in [2.45, 2.75) is 13.0 Å². The number of carbonyl (C=O) groups is 2. The molecule has 0 radical (unpaired) electrons. The minimum Gasteiger partial charge on any atom is -0.461 e. The van der Waals surface area contributed by atoms with E-state index in [1.54, 1.807) is 0 Å². The number of thioether (sulfide) groups is 1. The van der Waals surface area contributed by atoms with Crippen molar-refractivity contribution in [1.29, 1.82) is 0 Å². The maximum Gasteiger partial charge on any atom is 0.307 e. The molecule has 0 aromatic heterocycles. The van der Waals surface area contributed by atoms with E-state index in [2.05, 4.69) is 0 Å². The Balaban J connectivity index is 1.53. The highest BCUT2D eigenvalue weighted by Gasteiger charge is 2.32. The highest BCUT2D eigenvalue weighted by Crippen LogP contribution is 2.32. The monoisotopic (exact) mass is 383 g/mol. The number of nitrogens with zero attached hydrogens (tertiary/aromatic N) is 1. The van der Waals surface area contributed by atoms with E-state index >= 15 is 0 Å². The molecule has 2 aromatic carbocycles. The van der Waals surface area contributed by atoms with Crippen LogP contribution in [0.5, 0.6) is 0 Å². The Labute approximate surface area is 161 Å². The predicted octanol–water partition coefficient (Wildman–Crippen LogP) is 4.02. The third kappa shape index (κ3) is 4.80. The van der Waals surface area contributed by atoms with Gasteiger partial charge in [-0.1, -0.05) is 84.6 Å². The molecule has 0 unspecified atom stereocenters. The zero-order valence-electron chi connectivity index (χ0n) is 14.0. The Morgan fingerprint density at radius 3 is 2.42 bits per heavy atom. The number of benzene rings is 2. The summed E-state index contributed by atoms with van der Waals surface area (Å²) in [6.45, 7) is 0.455. The van der Waals surface area contributed by atoms with Crippen LogP contribution >= 0.6 is 24.0 Å². The van der Waals surface area contributed by atoms with Gasteiger partial charge in [0.1, 0.15) is 10.9 Å². The molecule has 0 bridgehead atoms. The van der Waals surface area contributed by atoms with Crippen molar-refractivity contribution >= 4 is 46.3 Å². The number of rotatable bonds is 6. The van der Waals surface area contributed by atoms with Crippen LogP contribution in [0.2, 0.25) is 0 Å².